The van der Waals surface area contributed by atoms with E-state index in [0.717, 1.165) is 22.7 Å². The number of rotatable bonds is 1. The summed E-state index contributed by atoms with van der Waals surface area (Å²) in [7, 11) is 0. The van der Waals surface area contributed by atoms with Crippen molar-refractivity contribution in [2.75, 3.05) is 5.73 Å². The summed E-state index contributed by atoms with van der Waals surface area (Å²) in [5.41, 5.74) is 8.26. The fourth-order valence-electron chi connectivity index (χ4n) is 1.03. The molecule has 2 rings (SSSR count). The van der Waals surface area contributed by atoms with Gasteiger partial charge in [-0.3, -0.25) is 0 Å². The predicted octanol–water partition coefficient (Wildman–Crippen LogP) is 3.88. The van der Waals surface area contributed by atoms with Gasteiger partial charge in [-0.05, 0) is 31.9 Å². The highest BCUT2D eigenvalue weighted by Gasteiger charge is 2.21. The van der Waals surface area contributed by atoms with Crippen LogP contribution in [0.25, 0.3) is 0 Å². The fourth-order valence-corrected chi connectivity index (χ4v) is 3.17. The van der Waals surface area contributed by atoms with Crippen LogP contribution in [0.1, 0.15) is 0 Å². The summed E-state index contributed by atoms with van der Waals surface area (Å²) < 4.78 is 13.3. The zero-order valence-corrected chi connectivity index (χ0v) is 11.3. The first-order valence-corrected chi connectivity index (χ1v) is 6.07. The molecule has 0 unspecified atom stereocenters. The molecule has 0 saturated heterocycles. The third-order valence-electron chi connectivity index (χ3n) is 1.70. The smallest absolute Gasteiger partial charge is 0.122 e. The lowest BCUT2D eigenvalue weighted by molar-refractivity contribution is 1.44. The number of hydrogen-bond donors (Lipinski definition) is 1. The van der Waals surface area contributed by atoms with Crippen molar-refractivity contribution >= 4 is 78.4 Å². The van der Waals surface area contributed by atoms with E-state index in [-0.39, 0.29) is 0 Å². The Hall–Kier alpha value is -0.180. The van der Waals surface area contributed by atoms with Crippen molar-refractivity contribution in [1.82, 2.24) is 0 Å². The van der Waals surface area contributed by atoms with Gasteiger partial charge in [0, 0.05) is 12.4 Å². The average molecular weight is 354 g/mol. The van der Waals surface area contributed by atoms with Crippen molar-refractivity contribution in [2.24, 2.45) is 13.1 Å². The highest BCUT2D eigenvalue weighted by Crippen LogP contribution is 2.52. The molecule has 8 heteroatoms. The first kappa shape index (κ1) is 10.3. The van der Waals surface area contributed by atoms with Gasteiger partial charge in [-0.1, -0.05) is 0 Å². The molecule has 72 valence electrons. The molecule has 1 aromatic carbocycles. The monoisotopic (exact) mass is 352 g/mol. The van der Waals surface area contributed by atoms with Gasteiger partial charge in [-0.2, -0.15) is 13.1 Å². The van der Waals surface area contributed by atoms with Crippen LogP contribution in [0.2, 0.25) is 0 Å². The van der Waals surface area contributed by atoms with E-state index in [2.05, 4.69) is 57.4 Å². The lowest BCUT2D eigenvalue weighted by atomic mass is 10.2. The van der Waals surface area contributed by atoms with Gasteiger partial charge in [0.15, 0.2) is 0 Å². The summed E-state index contributed by atoms with van der Waals surface area (Å²) in [4.78, 5) is 0. The molecule has 0 bridgehead atoms. The minimum atomic E-state index is 0.479. The molecule has 0 amide bonds. The Morgan fingerprint density at radius 1 is 1.21 bits per heavy atom. The molecule has 0 aliphatic carbocycles. The fraction of sp³-hybridized carbons (Fsp3) is 0. The van der Waals surface area contributed by atoms with E-state index >= 15 is 0 Å². The van der Waals surface area contributed by atoms with E-state index in [1.165, 1.54) is 0 Å². The molecule has 1 aliphatic rings. The molecule has 0 atom stereocenters. The number of anilines is 1. The molecule has 1 heterocycles. The summed E-state index contributed by atoms with van der Waals surface area (Å²) in [5, 5.41) is 0. The van der Waals surface area contributed by atoms with Crippen LogP contribution in [0.3, 0.4) is 0 Å². The first-order chi connectivity index (χ1) is 6.66. The molecule has 1 aliphatic heterocycles. The number of nitrogen functional groups attached to an aromatic ring is 1. The van der Waals surface area contributed by atoms with Gasteiger partial charge in [0.25, 0.3) is 0 Å². The zero-order valence-electron chi connectivity index (χ0n) is 6.49. The molecule has 0 aromatic heterocycles. The second kappa shape index (κ2) is 3.76. The van der Waals surface area contributed by atoms with Crippen LogP contribution in [0.4, 0.5) is 22.7 Å². The molecular formula is C6H2Br2N4S2. The summed E-state index contributed by atoms with van der Waals surface area (Å²) in [6, 6.07) is 0. The van der Waals surface area contributed by atoms with Gasteiger partial charge >= 0.3 is 0 Å². The molecule has 1 aromatic rings. The Morgan fingerprint density at radius 2 is 1.79 bits per heavy atom. The molecule has 0 saturated carbocycles. The van der Waals surface area contributed by atoms with Crippen LogP contribution in [0.5, 0.6) is 0 Å². The van der Waals surface area contributed by atoms with Gasteiger partial charge in [0.05, 0.1) is 26.0 Å². The van der Waals surface area contributed by atoms with Gasteiger partial charge in [-0.15, -0.1) is 0 Å². The molecule has 0 radical (unpaired) electrons. The van der Waals surface area contributed by atoms with E-state index in [9.17, 15) is 0 Å². The van der Waals surface area contributed by atoms with Crippen LogP contribution in [-0.2, 0) is 23.8 Å². The number of nitrogens with zero attached hydrogens (tertiary/aromatic N) is 3. The van der Waals surface area contributed by atoms with Crippen molar-refractivity contribution in [2.45, 2.75) is 0 Å². The quantitative estimate of drug-likeness (QED) is 0.790. The van der Waals surface area contributed by atoms with Gasteiger partial charge in [0.2, 0.25) is 0 Å². The number of hydrogen-bond acceptors (Lipinski definition) is 5. The molecule has 0 spiro atoms. The standard InChI is InChI=1S/C6H2Br2N4S2/c7-1-3(9)4(10-13)2(8)6-5(1)11-14-12-6/h9H2. The van der Waals surface area contributed by atoms with Crippen molar-refractivity contribution in [3.8, 4) is 0 Å². The van der Waals surface area contributed by atoms with Crippen LogP contribution < -0.4 is 5.73 Å². The Labute approximate surface area is 106 Å². The van der Waals surface area contributed by atoms with Crippen molar-refractivity contribution in [1.29, 1.82) is 0 Å². The van der Waals surface area contributed by atoms with Gasteiger partial charge in [-0.25, -0.2) is 0 Å². The van der Waals surface area contributed by atoms with Crippen molar-refractivity contribution in [3.05, 3.63) is 8.95 Å². The van der Waals surface area contributed by atoms with Crippen LogP contribution in [0.15, 0.2) is 22.0 Å². The SMILES string of the molecule is Nc1c(Br)c2c(c(Br)c1N=S)N=S=N2. The second-order valence-corrected chi connectivity index (χ2v) is 4.74. The predicted molar refractivity (Wildman–Crippen MR) is 67.2 cm³/mol. The highest BCUT2D eigenvalue weighted by molar-refractivity contribution is 9.11. The Morgan fingerprint density at radius 3 is 2.36 bits per heavy atom. The number of benzene rings is 1. The number of fused-ring (bicyclic) bond motifs is 1. The summed E-state index contributed by atoms with van der Waals surface area (Å²) in [6.45, 7) is 0. The normalized spacial score (nSPS) is 12.4. The molecule has 4 nitrogen and oxygen atoms in total. The van der Waals surface area contributed by atoms with E-state index in [1.54, 1.807) is 0 Å². The molecule has 2 N–H and O–H groups in total. The topological polar surface area (TPSA) is 63.1 Å². The largest absolute Gasteiger partial charge is 0.396 e. The number of nitrogens with two attached hydrogens (primary N) is 1. The first-order valence-electron chi connectivity index (χ1n) is 3.39. The maximum absolute atomic E-state index is 5.82. The molecule has 0 fully saturated rings. The lowest BCUT2D eigenvalue weighted by Crippen LogP contribution is -1.88. The minimum Gasteiger partial charge on any atom is -0.396 e. The maximum atomic E-state index is 5.82. The van der Waals surface area contributed by atoms with E-state index in [1.807, 2.05) is 0 Å². The second-order valence-electron chi connectivity index (χ2n) is 2.44. The summed E-state index contributed by atoms with van der Waals surface area (Å²) in [5.74, 6) is 0. The van der Waals surface area contributed by atoms with Crippen LogP contribution in [0, 0.1) is 0 Å². The Kier molecular flexibility index (Phi) is 2.78. The van der Waals surface area contributed by atoms with Gasteiger partial charge < -0.3 is 5.73 Å². The summed E-state index contributed by atoms with van der Waals surface area (Å²) in [6.07, 6.45) is 0. The molecular weight excluding hydrogens is 352 g/mol. The van der Waals surface area contributed by atoms with E-state index in [4.69, 9.17) is 5.73 Å². The third kappa shape index (κ3) is 1.37. The Balaban J connectivity index is 2.88. The maximum Gasteiger partial charge on any atom is 0.122 e. The highest BCUT2D eigenvalue weighted by atomic mass is 79.9. The van der Waals surface area contributed by atoms with Crippen LogP contribution >= 0.6 is 31.9 Å². The van der Waals surface area contributed by atoms with Crippen LogP contribution in [-0.4, -0.2) is 0 Å². The van der Waals surface area contributed by atoms with E-state index < -0.39 is 0 Å². The summed E-state index contributed by atoms with van der Waals surface area (Å²) >= 11 is 12.4. The minimum absolute atomic E-state index is 0.479. The Bertz CT molecular complexity index is 501. The van der Waals surface area contributed by atoms with Gasteiger partial charge in [0.1, 0.15) is 17.1 Å². The number of halogens is 2. The third-order valence-corrected chi connectivity index (χ3v) is 3.96. The zero-order chi connectivity index (χ0) is 10.3. The van der Waals surface area contributed by atoms with Crippen molar-refractivity contribution in [3.63, 3.8) is 0 Å². The lowest BCUT2D eigenvalue weighted by Gasteiger charge is -2.07. The molecule has 14 heavy (non-hydrogen) atoms. The average Bonchev–Trinajstić information content (AvgIpc) is 2.64. The van der Waals surface area contributed by atoms with Crippen molar-refractivity contribution < 1.29 is 0 Å². The van der Waals surface area contributed by atoms with E-state index in [0.29, 0.717) is 20.3 Å².